The van der Waals surface area contributed by atoms with Crippen molar-refractivity contribution < 1.29 is 29.1 Å². The molecule has 2 fully saturated rings. The molecule has 3 aliphatic heterocycles. The van der Waals surface area contributed by atoms with Crippen LogP contribution in [0.25, 0.3) is 10.9 Å². The van der Waals surface area contributed by atoms with Gasteiger partial charge in [-0.05, 0) is 31.0 Å². The van der Waals surface area contributed by atoms with Gasteiger partial charge in [-0.1, -0.05) is 44.2 Å². The summed E-state index contributed by atoms with van der Waals surface area (Å²) < 4.78 is 13.0. The van der Waals surface area contributed by atoms with Crippen LogP contribution in [-0.2, 0) is 29.5 Å². The second-order valence-corrected chi connectivity index (χ2v) is 10.6. The molecular weight excluding hydrogens is 504 g/mol. The minimum Gasteiger partial charge on any atom is -0.454 e. The van der Waals surface area contributed by atoms with Gasteiger partial charge in [-0.15, -0.1) is 0 Å². The highest BCUT2D eigenvalue weighted by Crippen LogP contribution is 2.57. The Labute approximate surface area is 223 Å². The van der Waals surface area contributed by atoms with Gasteiger partial charge >= 0.3 is 11.9 Å². The van der Waals surface area contributed by atoms with Gasteiger partial charge < -0.3 is 14.7 Å². The Kier molecular flexibility index (Phi) is 5.63. The van der Waals surface area contributed by atoms with Crippen LogP contribution in [0.5, 0.6) is 0 Å². The highest BCUT2D eigenvalue weighted by atomic mass is 16.6. The molecule has 6 rings (SSSR count). The molecule has 39 heavy (non-hydrogen) atoms. The molecule has 2 saturated heterocycles. The zero-order valence-electron chi connectivity index (χ0n) is 21.9. The normalized spacial score (nSPS) is 26.8. The summed E-state index contributed by atoms with van der Waals surface area (Å²) in [7, 11) is 0. The quantitative estimate of drug-likeness (QED) is 0.504. The van der Waals surface area contributed by atoms with Crippen molar-refractivity contribution in [3.05, 3.63) is 70.3 Å². The van der Waals surface area contributed by atoms with Crippen LogP contribution in [0.2, 0.25) is 0 Å². The van der Waals surface area contributed by atoms with Crippen LogP contribution in [0.15, 0.2) is 53.3 Å². The summed E-state index contributed by atoms with van der Waals surface area (Å²) in [4.78, 5) is 59.1. The molecule has 2 aromatic carbocycles. The van der Waals surface area contributed by atoms with Gasteiger partial charge in [-0.2, -0.15) is 5.06 Å². The zero-order chi connectivity index (χ0) is 27.8. The van der Waals surface area contributed by atoms with Crippen LogP contribution < -0.4 is 10.5 Å². The van der Waals surface area contributed by atoms with Gasteiger partial charge in [-0.25, -0.2) is 9.78 Å². The average Bonchev–Trinajstić information content (AvgIpc) is 3.47. The summed E-state index contributed by atoms with van der Waals surface area (Å²) >= 11 is 0. The molecule has 202 valence electrons. The lowest BCUT2D eigenvalue weighted by atomic mass is 9.88. The van der Waals surface area contributed by atoms with Gasteiger partial charge in [0.1, 0.15) is 12.1 Å². The first-order valence-corrected chi connectivity index (χ1v) is 12.9. The second-order valence-electron chi connectivity index (χ2n) is 10.6. The minimum atomic E-state index is -1.44. The first kappa shape index (κ1) is 25.2. The molecule has 1 amide bonds. The fraction of sp³-hybridized carbons (Fsp3) is 0.393. The molecule has 0 saturated carbocycles. The maximum atomic E-state index is 14.0. The van der Waals surface area contributed by atoms with Crippen LogP contribution in [-0.4, -0.2) is 49.9 Å². The van der Waals surface area contributed by atoms with E-state index in [9.17, 15) is 24.4 Å². The highest BCUT2D eigenvalue weighted by Gasteiger charge is 2.67. The summed E-state index contributed by atoms with van der Waals surface area (Å²) in [5, 5.41) is 12.2. The molecule has 3 aliphatic rings. The third-order valence-electron chi connectivity index (χ3n) is 7.87. The number of fused-ring (bicyclic) bond motifs is 6. The maximum Gasteiger partial charge on any atom is 0.330 e. The number of amides is 1. The third-order valence-corrected chi connectivity index (χ3v) is 7.87. The number of nitrogens with zero attached hydrogens (tertiary/aromatic N) is 4. The van der Waals surface area contributed by atoms with Gasteiger partial charge in [0, 0.05) is 18.9 Å². The summed E-state index contributed by atoms with van der Waals surface area (Å²) in [5.74, 6) is -1.74. The average molecular weight is 533 g/mol. The van der Waals surface area contributed by atoms with Gasteiger partial charge in [-0.3, -0.25) is 23.9 Å². The lowest BCUT2D eigenvalue weighted by molar-refractivity contribution is -0.190. The molecule has 0 unspecified atom stereocenters. The Hall–Kier alpha value is -4.09. The Balaban J connectivity index is 1.56. The molecule has 11 nitrogen and oxygen atoms in total. The molecule has 3 aromatic rings. The zero-order valence-corrected chi connectivity index (χ0v) is 21.9. The standard InChI is InChI=1S/C28H28N4O7/c1-14(2)22(38-16(4)33)23-29-19-11-7-5-9-17(19)25(35)30(23)21-13-28(39-26(21)36)18-10-6-8-12-20(18)31-24(34)15(3)32(37)27(28)31/h5-12,14-15,21-22,27,37H,13H2,1-4H3/t15-,21+,22+,27-,28+/m0/s1. The molecule has 11 heteroatoms. The number of aromatic nitrogens is 2. The van der Waals surface area contributed by atoms with Crippen molar-refractivity contribution in [3.8, 4) is 0 Å². The van der Waals surface area contributed by atoms with Gasteiger partial charge in [0.25, 0.3) is 5.56 Å². The van der Waals surface area contributed by atoms with Crippen molar-refractivity contribution >= 4 is 34.4 Å². The summed E-state index contributed by atoms with van der Waals surface area (Å²) in [6.07, 6.45) is -1.98. The molecular formula is C28H28N4O7. The van der Waals surface area contributed by atoms with Gasteiger partial charge in [0.05, 0.1) is 16.6 Å². The summed E-state index contributed by atoms with van der Waals surface area (Å²) in [6.45, 7) is 6.51. The van der Waals surface area contributed by atoms with Crippen LogP contribution in [0, 0.1) is 5.92 Å². The second kappa shape index (κ2) is 8.72. The SMILES string of the molecule is CC(=O)O[C@@H](c1nc2ccccc2c(=O)n1[C@@H]1C[C@@]2(OC1=O)c1ccccc1N1C(=O)[C@H](C)N(O)[C@H]12)C(C)C. The van der Waals surface area contributed by atoms with Crippen LogP contribution in [0.1, 0.15) is 57.6 Å². The Morgan fingerprint density at radius 1 is 1.13 bits per heavy atom. The smallest absolute Gasteiger partial charge is 0.330 e. The van der Waals surface area contributed by atoms with E-state index < -0.39 is 47.5 Å². The third kappa shape index (κ3) is 3.46. The molecule has 0 aliphatic carbocycles. The molecule has 1 aromatic heterocycles. The molecule has 0 bridgehead atoms. The van der Waals surface area contributed by atoms with Crippen LogP contribution in [0.3, 0.4) is 0 Å². The van der Waals surface area contributed by atoms with E-state index >= 15 is 0 Å². The van der Waals surface area contributed by atoms with Crippen molar-refractivity contribution in [1.29, 1.82) is 0 Å². The highest BCUT2D eigenvalue weighted by molar-refractivity contribution is 6.02. The lowest BCUT2D eigenvalue weighted by Gasteiger charge is -2.33. The number of carbonyl (C=O) groups excluding carboxylic acids is 3. The van der Waals surface area contributed by atoms with E-state index in [0.29, 0.717) is 22.2 Å². The number of hydrogen-bond acceptors (Lipinski definition) is 9. The number of benzene rings is 2. The number of ether oxygens (including phenoxy) is 2. The molecule has 1 spiro atoms. The number of esters is 2. The van der Waals surface area contributed by atoms with E-state index in [2.05, 4.69) is 0 Å². The first-order chi connectivity index (χ1) is 18.6. The van der Waals surface area contributed by atoms with Crippen molar-refractivity contribution in [1.82, 2.24) is 14.6 Å². The minimum absolute atomic E-state index is 0.0567. The molecule has 5 atom stereocenters. The number of hydroxylamine groups is 2. The predicted octanol–water partition coefficient (Wildman–Crippen LogP) is 2.81. The lowest BCUT2D eigenvalue weighted by Crippen LogP contribution is -2.50. The fourth-order valence-electron chi connectivity index (χ4n) is 6.13. The van der Waals surface area contributed by atoms with Crippen LogP contribution >= 0.6 is 0 Å². The number of para-hydroxylation sites is 2. The van der Waals surface area contributed by atoms with E-state index in [1.54, 1.807) is 55.5 Å². The number of hydrogen-bond donors (Lipinski definition) is 1. The largest absolute Gasteiger partial charge is 0.454 e. The van der Waals surface area contributed by atoms with E-state index in [0.717, 1.165) is 5.06 Å². The maximum absolute atomic E-state index is 14.0. The molecule has 1 N–H and O–H groups in total. The van der Waals surface area contributed by atoms with Crippen molar-refractivity contribution in [2.45, 2.75) is 64.1 Å². The van der Waals surface area contributed by atoms with Gasteiger partial charge in [0.2, 0.25) is 5.91 Å². The van der Waals surface area contributed by atoms with E-state index in [4.69, 9.17) is 14.5 Å². The topological polar surface area (TPSA) is 131 Å². The van der Waals surface area contributed by atoms with Crippen molar-refractivity contribution in [2.75, 3.05) is 4.90 Å². The monoisotopic (exact) mass is 532 g/mol. The Morgan fingerprint density at radius 3 is 2.54 bits per heavy atom. The first-order valence-electron chi connectivity index (χ1n) is 12.9. The number of carbonyl (C=O) groups is 3. The van der Waals surface area contributed by atoms with E-state index in [-0.39, 0.29) is 24.1 Å². The van der Waals surface area contributed by atoms with Crippen LogP contribution in [0.4, 0.5) is 5.69 Å². The summed E-state index contributed by atoms with van der Waals surface area (Å²) in [5.41, 5.74) is -0.415. The predicted molar refractivity (Wildman–Crippen MR) is 138 cm³/mol. The van der Waals surface area contributed by atoms with E-state index in [1.807, 2.05) is 13.8 Å². The van der Waals surface area contributed by atoms with Crippen molar-refractivity contribution in [3.63, 3.8) is 0 Å². The molecule has 4 heterocycles. The number of rotatable bonds is 4. The Morgan fingerprint density at radius 2 is 1.82 bits per heavy atom. The van der Waals surface area contributed by atoms with E-state index in [1.165, 1.54) is 16.4 Å². The summed E-state index contributed by atoms with van der Waals surface area (Å²) in [6, 6.07) is 11.8. The Bertz CT molecular complexity index is 1600. The van der Waals surface area contributed by atoms with Crippen molar-refractivity contribution in [2.24, 2.45) is 5.92 Å². The number of anilines is 1. The van der Waals surface area contributed by atoms with Gasteiger partial charge in [0.15, 0.2) is 23.7 Å². The fourth-order valence-corrected chi connectivity index (χ4v) is 6.13. The molecule has 0 radical (unpaired) electrons.